The second-order valence-electron chi connectivity index (χ2n) is 3.88. The maximum atomic E-state index is 13.3. The highest BCUT2D eigenvalue weighted by atomic mass is 19.1. The van der Waals surface area contributed by atoms with Gasteiger partial charge in [-0.3, -0.25) is 0 Å². The van der Waals surface area contributed by atoms with Gasteiger partial charge in [0.1, 0.15) is 11.9 Å². The van der Waals surface area contributed by atoms with Gasteiger partial charge in [0, 0.05) is 0 Å². The lowest BCUT2D eigenvalue weighted by Gasteiger charge is -2.15. The van der Waals surface area contributed by atoms with E-state index in [2.05, 4.69) is 0 Å². The molecule has 0 saturated carbocycles. The molecule has 1 fully saturated rings. The van der Waals surface area contributed by atoms with Crippen molar-refractivity contribution < 1.29 is 13.9 Å². The van der Waals surface area contributed by atoms with Crippen LogP contribution in [0.15, 0.2) is 18.2 Å². The standard InChI is InChI=1S/C12H15FO2/c1-8-11(4-3-5-12(8)13)9(2)14-6-10-7-15-10/h3-5,9-10H,6-7H2,1-2H3/t9-,10+/m1/s1. The lowest BCUT2D eigenvalue weighted by molar-refractivity contribution is 0.0534. The topological polar surface area (TPSA) is 21.8 Å². The van der Waals surface area contributed by atoms with Crippen molar-refractivity contribution >= 4 is 0 Å². The summed E-state index contributed by atoms with van der Waals surface area (Å²) in [6, 6.07) is 5.08. The molecule has 0 bridgehead atoms. The fourth-order valence-corrected chi connectivity index (χ4v) is 1.57. The summed E-state index contributed by atoms with van der Waals surface area (Å²) in [5.41, 5.74) is 1.58. The fraction of sp³-hybridized carbons (Fsp3) is 0.500. The van der Waals surface area contributed by atoms with Crippen molar-refractivity contribution in [2.75, 3.05) is 13.2 Å². The van der Waals surface area contributed by atoms with Gasteiger partial charge >= 0.3 is 0 Å². The lowest BCUT2D eigenvalue weighted by atomic mass is 10.0. The first kappa shape index (κ1) is 10.6. The summed E-state index contributed by atoms with van der Waals surface area (Å²) in [7, 11) is 0. The molecule has 1 aromatic rings. The average molecular weight is 210 g/mol. The summed E-state index contributed by atoms with van der Waals surface area (Å²) >= 11 is 0. The van der Waals surface area contributed by atoms with Crippen LogP contribution in [0.1, 0.15) is 24.2 Å². The van der Waals surface area contributed by atoms with Crippen LogP contribution in [-0.2, 0) is 9.47 Å². The van der Waals surface area contributed by atoms with Gasteiger partial charge in [-0.25, -0.2) is 4.39 Å². The molecule has 82 valence electrons. The molecule has 0 radical (unpaired) electrons. The van der Waals surface area contributed by atoms with E-state index in [9.17, 15) is 4.39 Å². The van der Waals surface area contributed by atoms with Gasteiger partial charge in [-0.05, 0) is 31.0 Å². The van der Waals surface area contributed by atoms with E-state index in [1.165, 1.54) is 6.07 Å². The van der Waals surface area contributed by atoms with Crippen molar-refractivity contribution in [3.63, 3.8) is 0 Å². The van der Waals surface area contributed by atoms with Crippen molar-refractivity contribution in [1.29, 1.82) is 0 Å². The zero-order valence-electron chi connectivity index (χ0n) is 9.00. The van der Waals surface area contributed by atoms with Crippen LogP contribution in [-0.4, -0.2) is 19.3 Å². The van der Waals surface area contributed by atoms with Gasteiger partial charge in [0.25, 0.3) is 0 Å². The number of rotatable bonds is 4. The molecule has 1 saturated heterocycles. The van der Waals surface area contributed by atoms with Crippen LogP contribution in [0.4, 0.5) is 4.39 Å². The molecule has 0 N–H and O–H groups in total. The smallest absolute Gasteiger partial charge is 0.126 e. The van der Waals surface area contributed by atoms with Crippen LogP contribution in [0.25, 0.3) is 0 Å². The highest BCUT2D eigenvalue weighted by Gasteiger charge is 2.24. The van der Waals surface area contributed by atoms with Crippen LogP contribution in [0.2, 0.25) is 0 Å². The molecule has 2 nitrogen and oxygen atoms in total. The van der Waals surface area contributed by atoms with Crippen molar-refractivity contribution in [3.05, 3.63) is 35.1 Å². The Morgan fingerprint density at radius 1 is 1.60 bits per heavy atom. The van der Waals surface area contributed by atoms with Gasteiger partial charge in [-0.15, -0.1) is 0 Å². The summed E-state index contributed by atoms with van der Waals surface area (Å²) in [5.74, 6) is -0.175. The van der Waals surface area contributed by atoms with E-state index in [1.807, 2.05) is 13.0 Å². The van der Waals surface area contributed by atoms with Gasteiger partial charge in [-0.2, -0.15) is 0 Å². The molecule has 1 heterocycles. The zero-order chi connectivity index (χ0) is 10.8. The fourth-order valence-electron chi connectivity index (χ4n) is 1.57. The first-order valence-electron chi connectivity index (χ1n) is 5.16. The van der Waals surface area contributed by atoms with Crippen LogP contribution < -0.4 is 0 Å². The van der Waals surface area contributed by atoms with E-state index in [0.29, 0.717) is 12.2 Å². The molecule has 0 aromatic heterocycles. The van der Waals surface area contributed by atoms with Gasteiger partial charge in [0.15, 0.2) is 0 Å². The predicted octanol–water partition coefficient (Wildman–Crippen LogP) is 2.61. The minimum atomic E-state index is -0.175. The highest BCUT2D eigenvalue weighted by molar-refractivity contribution is 5.28. The second-order valence-corrected chi connectivity index (χ2v) is 3.88. The molecule has 1 aromatic carbocycles. The number of hydrogen-bond acceptors (Lipinski definition) is 2. The molecule has 1 aliphatic heterocycles. The van der Waals surface area contributed by atoms with Gasteiger partial charge in [-0.1, -0.05) is 12.1 Å². The maximum absolute atomic E-state index is 13.3. The molecule has 0 aliphatic carbocycles. The van der Waals surface area contributed by atoms with Crippen LogP contribution in [0.3, 0.4) is 0 Å². The first-order chi connectivity index (χ1) is 7.18. The Hall–Kier alpha value is -0.930. The summed E-state index contributed by atoms with van der Waals surface area (Å²) in [4.78, 5) is 0. The third kappa shape index (κ3) is 2.55. The van der Waals surface area contributed by atoms with E-state index in [-0.39, 0.29) is 18.0 Å². The van der Waals surface area contributed by atoms with E-state index in [4.69, 9.17) is 9.47 Å². The Labute approximate surface area is 89.0 Å². The Morgan fingerprint density at radius 2 is 2.33 bits per heavy atom. The van der Waals surface area contributed by atoms with E-state index in [0.717, 1.165) is 12.2 Å². The van der Waals surface area contributed by atoms with Crippen molar-refractivity contribution in [2.45, 2.75) is 26.1 Å². The first-order valence-corrected chi connectivity index (χ1v) is 5.16. The molecule has 15 heavy (non-hydrogen) atoms. The molecular formula is C12H15FO2. The third-order valence-electron chi connectivity index (χ3n) is 2.68. The average Bonchev–Trinajstić information content (AvgIpc) is 3.02. The molecule has 0 amide bonds. The second kappa shape index (κ2) is 4.29. The van der Waals surface area contributed by atoms with Gasteiger partial charge in [0.05, 0.1) is 19.3 Å². The van der Waals surface area contributed by atoms with Gasteiger partial charge in [0.2, 0.25) is 0 Å². The highest BCUT2D eigenvalue weighted by Crippen LogP contribution is 2.23. The van der Waals surface area contributed by atoms with E-state index >= 15 is 0 Å². The molecule has 0 spiro atoms. The summed E-state index contributed by atoms with van der Waals surface area (Å²) < 4.78 is 23.9. The lowest BCUT2D eigenvalue weighted by Crippen LogP contribution is -2.08. The summed E-state index contributed by atoms with van der Waals surface area (Å²) in [6.45, 7) is 5.09. The summed E-state index contributed by atoms with van der Waals surface area (Å²) in [6.07, 6.45) is 0.172. The number of ether oxygens (including phenoxy) is 2. The molecular weight excluding hydrogens is 195 g/mol. The van der Waals surface area contributed by atoms with Crippen LogP contribution >= 0.6 is 0 Å². The zero-order valence-corrected chi connectivity index (χ0v) is 9.00. The van der Waals surface area contributed by atoms with Crippen molar-refractivity contribution in [1.82, 2.24) is 0 Å². The Morgan fingerprint density at radius 3 is 3.00 bits per heavy atom. The molecule has 2 atom stereocenters. The Kier molecular flexibility index (Phi) is 3.03. The Balaban J connectivity index is 2.02. The molecule has 0 unspecified atom stereocenters. The van der Waals surface area contributed by atoms with Crippen molar-refractivity contribution in [2.24, 2.45) is 0 Å². The van der Waals surface area contributed by atoms with E-state index in [1.54, 1.807) is 13.0 Å². The molecule has 2 rings (SSSR count). The summed E-state index contributed by atoms with van der Waals surface area (Å²) in [5, 5.41) is 0. The largest absolute Gasteiger partial charge is 0.371 e. The number of hydrogen-bond donors (Lipinski definition) is 0. The monoisotopic (exact) mass is 210 g/mol. The molecule has 3 heteroatoms. The van der Waals surface area contributed by atoms with Gasteiger partial charge < -0.3 is 9.47 Å². The number of halogens is 1. The SMILES string of the molecule is Cc1c(F)cccc1[C@@H](C)OC[C@H]1CO1. The maximum Gasteiger partial charge on any atom is 0.126 e. The van der Waals surface area contributed by atoms with Crippen LogP contribution in [0, 0.1) is 12.7 Å². The molecule has 1 aliphatic rings. The quantitative estimate of drug-likeness (QED) is 0.712. The van der Waals surface area contributed by atoms with E-state index < -0.39 is 0 Å². The minimum absolute atomic E-state index is 0.0788. The van der Waals surface area contributed by atoms with Crippen molar-refractivity contribution in [3.8, 4) is 0 Å². The normalized spacial score (nSPS) is 21.4. The number of epoxide rings is 1. The third-order valence-corrected chi connectivity index (χ3v) is 2.68. The Bertz CT molecular complexity index is 347. The number of benzene rings is 1. The predicted molar refractivity (Wildman–Crippen MR) is 55.2 cm³/mol. The van der Waals surface area contributed by atoms with Crippen LogP contribution in [0.5, 0.6) is 0 Å². The minimum Gasteiger partial charge on any atom is -0.371 e.